The Morgan fingerprint density at radius 2 is 1.81 bits per heavy atom. The van der Waals surface area contributed by atoms with Crippen LogP contribution >= 0.6 is 0 Å². The van der Waals surface area contributed by atoms with E-state index >= 15 is 0 Å². The van der Waals surface area contributed by atoms with Crippen molar-refractivity contribution in [3.8, 4) is 17.2 Å². The molecule has 0 saturated heterocycles. The predicted molar refractivity (Wildman–Crippen MR) is 104 cm³/mol. The van der Waals surface area contributed by atoms with Crippen molar-refractivity contribution in [3.63, 3.8) is 0 Å². The van der Waals surface area contributed by atoms with E-state index in [1.54, 1.807) is 6.07 Å². The van der Waals surface area contributed by atoms with E-state index in [0.717, 1.165) is 18.6 Å². The summed E-state index contributed by atoms with van der Waals surface area (Å²) in [6.45, 7) is 3.02. The molecule has 0 saturated carbocycles. The maximum Gasteiger partial charge on any atom is 0.265 e. The normalized spacial score (nSPS) is 16.2. The molecule has 0 radical (unpaired) electrons. The van der Waals surface area contributed by atoms with E-state index in [0.29, 0.717) is 36.8 Å². The van der Waals surface area contributed by atoms with E-state index < -0.39 is 6.10 Å². The van der Waals surface area contributed by atoms with Gasteiger partial charge < -0.3 is 19.5 Å². The minimum atomic E-state index is -0.542. The molecule has 1 heterocycles. The Kier molecular flexibility index (Phi) is 5.19. The van der Waals surface area contributed by atoms with E-state index in [-0.39, 0.29) is 5.91 Å². The fourth-order valence-corrected chi connectivity index (χ4v) is 3.61. The number of anilines is 1. The summed E-state index contributed by atoms with van der Waals surface area (Å²) in [6.07, 6.45) is 4.75. The first kappa shape index (κ1) is 17.7. The minimum absolute atomic E-state index is 0.160. The highest BCUT2D eigenvalue weighted by molar-refractivity contribution is 5.94. The topological polar surface area (TPSA) is 56.8 Å². The third-order valence-electron chi connectivity index (χ3n) is 5.07. The molecule has 1 atom stereocenters. The largest absolute Gasteiger partial charge is 0.486 e. The number of rotatable bonds is 5. The van der Waals surface area contributed by atoms with Crippen molar-refractivity contribution < 1.29 is 19.0 Å². The first-order chi connectivity index (χ1) is 13.2. The molecule has 0 aromatic heterocycles. The zero-order valence-electron chi connectivity index (χ0n) is 15.6. The molecule has 1 aliphatic heterocycles. The van der Waals surface area contributed by atoms with Crippen LogP contribution in [0.5, 0.6) is 17.2 Å². The third-order valence-corrected chi connectivity index (χ3v) is 5.07. The summed E-state index contributed by atoms with van der Waals surface area (Å²) in [5.41, 5.74) is 3.43. The van der Waals surface area contributed by atoms with Crippen LogP contribution in [0.4, 0.5) is 5.69 Å². The van der Waals surface area contributed by atoms with Crippen LogP contribution in [0.3, 0.4) is 0 Å². The Bertz CT molecular complexity index is 833. The minimum Gasteiger partial charge on any atom is -0.486 e. The number of nitrogens with one attached hydrogen (secondary N) is 1. The van der Waals surface area contributed by atoms with Gasteiger partial charge in [0.15, 0.2) is 17.6 Å². The lowest BCUT2D eigenvalue weighted by Crippen LogP contribution is -2.32. The predicted octanol–water partition coefficient (Wildman–Crippen LogP) is 4.13. The van der Waals surface area contributed by atoms with Crippen molar-refractivity contribution >= 4 is 11.6 Å². The van der Waals surface area contributed by atoms with Crippen molar-refractivity contribution in [2.45, 2.75) is 45.1 Å². The molecule has 0 spiro atoms. The van der Waals surface area contributed by atoms with Crippen LogP contribution in [-0.2, 0) is 17.6 Å². The molecule has 5 heteroatoms. The molecule has 1 amide bonds. The van der Waals surface area contributed by atoms with Crippen molar-refractivity contribution in [2.75, 3.05) is 18.5 Å². The number of aryl methyl sites for hydroxylation is 2. The third kappa shape index (κ3) is 4.02. The smallest absolute Gasteiger partial charge is 0.265 e. The monoisotopic (exact) mass is 367 g/mol. The molecule has 0 bridgehead atoms. The number of ether oxygens (including phenoxy) is 3. The molecule has 2 aliphatic rings. The molecule has 0 fully saturated rings. The molecule has 2 aromatic carbocycles. The van der Waals surface area contributed by atoms with E-state index in [4.69, 9.17) is 14.2 Å². The Hall–Kier alpha value is -2.69. The summed E-state index contributed by atoms with van der Waals surface area (Å²) in [7, 11) is 0. The zero-order chi connectivity index (χ0) is 18.6. The van der Waals surface area contributed by atoms with Crippen LogP contribution in [0, 0.1) is 0 Å². The highest BCUT2D eigenvalue weighted by Crippen LogP contribution is 2.33. The Morgan fingerprint density at radius 3 is 2.63 bits per heavy atom. The van der Waals surface area contributed by atoms with Gasteiger partial charge in [0.1, 0.15) is 19.0 Å². The maximum atomic E-state index is 12.7. The molecule has 2 aromatic rings. The van der Waals surface area contributed by atoms with E-state index in [2.05, 4.69) is 17.4 Å². The van der Waals surface area contributed by atoms with Crippen molar-refractivity contribution in [1.82, 2.24) is 0 Å². The lowest BCUT2D eigenvalue weighted by atomic mass is 9.92. The van der Waals surface area contributed by atoms with Crippen molar-refractivity contribution in [3.05, 3.63) is 47.5 Å². The molecule has 4 rings (SSSR count). The molecule has 27 heavy (non-hydrogen) atoms. The van der Waals surface area contributed by atoms with Gasteiger partial charge in [0, 0.05) is 11.8 Å². The average Bonchev–Trinajstić information content (AvgIpc) is 2.71. The molecule has 1 unspecified atom stereocenters. The van der Waals surface area contributed by atoms with Crippen LogP contribution in [0.15, 0.2) is 36.4 Å². The van der Waals surface area contributed by atoms with Crippen LogP contribution in [0.25, 0.3) is 0 Å². The summed E-state index contributed by atoms with van der Waals surface area (Å²) < 4.78 is 17.1. The van der Waals surface area contributed by atoms with Gasteiger partial charge in [-0.25, -0.2) is 0 Å². The summed E-state index contributed by atoms with van der Waals surface area (Å²) in [5.74, 6) is 1.96. The second-order valence-electron chi connectivity index (χ2n) is 7.00. The molecular weight excluding hydrogens is 342 g/mol. The number of hydrogen-bond donors (Lipinski definition) is 1. The van der Waals surface area contributed by atoms with E-state index in [9.17, 15) is 4.79 Å². The van der Waals surface area contributed by atoms with Gasteiger partial charge in [-0.3, -0.25) is 4.79 Å². The summed E-state index contributed by atoms with van der Waals surface area (Å²) in [6, 6.07) is 11.6. The maximum absolute atomic E-state index is 12.7. The Labute approximate surface area is 159 Å². The molecular formula is C22H25NO4. The van der Waals surface area contributed by atoms with Crippen LogP contribution in [0.1, 0.15) is 37.3 Å². The van der Waals surface area contributed by atoms with Crippen molar-refractivity contribution in [1.29, 1.82) is 0 Å². The van der Waals surface area contributed by atoms with Gasteiger partial charge in [0.25, 0.3) is 5.91 Å². The summed E-state index contributed by atoms with van der Waals surface area (Å²) in [4.78, 5) is 12.7. The van der Waals surface area contributed by atoms with E-state index in [1.165, 1.54) is 24.0 Å². The van der Waals surface area contributed by atoms with Crippen LogP contribution < -0.4 is 19.5 Å². The van der Waals surface area contributed by atoms with Crippen LogP contribution in [0.2, 0.25) is 0 Å². The molecule has 5 nitrogen and oxygen atoms in total. The van der Waals surface area contributed by atoms with E-state index in [1.807, 2.05) is 25.1 Å². The zero-order valence-corrected chi connectivity index (χ0v) is 15.6. The molecule has 142 valence electrons. The number of benzene rings is 2. The highest BCUT2D eigenvalue weighted by Gasteiger charge is 2.21. The van der Waals surface area contributed by atoms with Gasteiger partial charge in [-0.15, -0.1) is 0 Å². The van der Waals surface area contributed by atoms with Gasteiger partial charge in [-0.2, -0.15) is 0 Å². The van der Waals surface area contributed by atoms with Crippen molar-refractivity contribution in [2.24, 2.45) is 0 Å². The number of hydrogen-bond acceptors (Lipinski definition) is 4. The SMILES string of the molecule is CCC(Oc1ccc2c(c1)CCCC2)C(=O)Nc1ccc2c(c1)OCCO2. The molecule has 1 N–H and O–H groups in total. The number of carbonyl (C=O) groups is 1. The fraction of sp³-hybridized carbons (Fsp3) is 0.409. The quantitative estimate of drug-likeness (QED) is 0.863. The first-order valence-corrected chi connectivity index (χ1v) is 9.72. The van der Waals surface area contributed by atoms with Gasteiger partial charge >= 0.3 is 0 Å². The second-order valence-corrected chi connectivity index (χ2v) is 7.00. The van der Waals surface area contributed by atoms with Gasteiger partial charge in [0.2, 0.25) is 0 Å². The summed E-state index contributed by atoms with van der Waals surface area (Å²) in [5, 5.41) is 2.93. The van der Waals surface area contributed by atoms with Crippen LogP contribution in [-0.4, -0.2) is 25.2 Å². The van der Waals surface area contributed by atoms with Gasteiger partial charge in [-0.05, 0) is 67.5 Å². The fourth-order valence-electron chi connectivity index (χ4n) is 3.61. The lowest BCUT2D eigenvalue weighted by molar-refractivity contribution is -0.122. The molecule has 1 aliphatic carbocycles. The average molecular weight is 367 g/mol. The van der Waals surface area contributed by atoms with Gasteiger partial charge in [-0.1, -0.05) is 13.0 Å². The highest BCUT2D eigenvalue weighted by atomic mass is 16.6. The Morgan fingerprint density at radius 1 is 1.04 bits per heavy atom. The number of fused-ring (bicyclic) bond motifs is 2. The number of carbonyl (C=O) groups excluding carboxylic acids is 1. The van der Waals surface area contributed by atoms with Gasteiger partial charge in [0.05, 0.1) is 0 Å². The second kappa shape index (κ2) is 7.91. The first-order valence-electron chi connectivity index (χ1n) is 9.72. The standard InChI is InChI=1S/C22H25NO4/c1-2-19(27-18-9-7-15-5-3-4-6-16(15)13-18)22(24)23-17-8-10-20-21(14-17)26-12-11-25-20/h7-10,13-14,19H,2-6,11-12H2,1H3,(H,23,24). The summed E-state index contributed by atoms with van der Waals surface area (Å²) >= 11 is 0. The lowest BCUT2D eigenvalue weighted by Gasteiger charge is -2.21. The Balaban J connectivity index is 1.43. The number of amides is 1.